The number of aromatic nitrogens is 2. The molecular formula is C21H28N4O3S. The van der Waals surface area contributed by atoms with Crippen molar-refractivity contribution < 1.29 is 13.2 Å². The lowest BCUT2D eigenvalue weighted by Gasteiger charge is -2.28. The predicted molar refractivity (Wildman–Crippen MR) is 113 cm³/mol. The third kappa shape index (κ3) is 4.09. The molecule has 1 aromatic carbocycles. The molecule has 1 amide bonds. The second kappa shape index (κ2) is 6.95. The van der Waals surface area contributed by atoms with Crippen LogP contribution in [0.1, 0.15) is 66.8 Å². The molecule has 0 atom stereocenters. The van der Waals surface area contributed by atoms with Gasteiger partial charge in [-0.25, -0.2) is 8.42 Å². The fourth-order valence-electron chi connectivity index (χ4n) is 3.88. The van der Waals surface area contributed by atoms with Crippen LogP contribution in [0.15, 0.2) is 24.3 Å². The molecule has 1 N–H and O–H groups in total. The summed E-state index contributed by atoms with van der Waals surface area (Å²) in [4.78, 5) is 13.0. The van der Waals surface area contributed by atoms with Crippen molar-refractivity contribution in [1.29, 1.82) is 0 Å². The van der Waals surface area contributed by atoms with Crippen LogP contribution >= 0.6 is 0 Å². The summed E-state index contributed by atoms with van der Waals surface area (Å²) in [6, 6.07) is 7.56. The van der Waals surface area contributed by atoms with E-state index in [2.05, 4.69) is 31.2 Å². The van der Waals surface area contributed by atoms with E-state index in [9.17, 15) is 13.2 Å². The third-order valence-electron chi connectivity index (χ3n) is 5.55. The minimum Gasteiger partial charge on any atom is -0.320 e. The number of amides is 1. The molecule has 1 fully saturated rings. The van der Waals surface area contributed by atoms with Crippen molar-refractivity contribution in [2.45, 2.75) is 58.0 Å². The molecule has 1 saturated carbocycles. The van der Waals surface area contributed by atoms with Crippen LogP contribution in [0.25, 0.3) is 0 Å². The number of carbonyl (C=O) groups excluding carboxylic acids is 1. The standard InChI is InChI=1S/C21H28N4O3S/c1-21(2,3)25-19(14-8-9-14)12-18(23-25)20(26)22-17-7-5-6-15-13-24(29(4,27)28)11-10-16(15)17/h5-7,12,14H,8-11,13H2,1-4H3,(H,22,26). The topological polar surface area (TPSA) is 84.3 Å². The van der Waals surface area contributed by atoms with E-state index in [1.54, 1.807) is 0 Å². The van der Waals surface area contributed by atoms with Gasteiger partial charge in [-0.2, -0.15) is 9.40 Å². The molecule has 7 nitrogen and oxygen atoms in total. The minimum atomic E-state index is -3.23. The Morgan fingerprint density at radius 3 is 2.59 bits per heavy atom. The molecule has 0 radical (unpaired) electrons. The van der Waals surface area contributed by atoms with Gasteiger partial charge in [-0.15, -0.1) is 0 Å². The maximum Gasteiger partial charge on any atom is 0.276 e. The van der Waals surface area contributed by atoms with Gasteiger partial charge in [0.1, 0.15) is 0 Å². The molecule has 2 aromatic rings. The normalized spacial score (nSPS) is 17.8. The number of nitrogens with one attached hydrogen (secondary N) is 1. The quantitative estimate of drug-likeness (QED) is 0.830. The zero-order valence-electron chi connectivity index (χ0n) is 17.4. The maximum atomic E-state index is 13.0. The highest BCUT2D eigenvalue weighted by Crippen LogP contribution is 2.41. The number of anilines is 1. The van der Waals surface area contributed by atoms with Crippen molar-refractivity contribution in [2.75, 3.05) is 18.1 Å². The summed E-state index contributed by atoms with van der Waals surface area (Å²) in [5.74, 6) is 0.267. The summed E-state index contributed by atoms with van der Waals surface area (Å²) in [5.41, 5.74) is 4.03. The van der Waals surface area contributed by atoms with Crippen LogP contribution in [0.2, 0.25) is 0 Å². The van der Waals surface area contributed by atoms with Crippen molar-refractivity contribution in [3.8, 4) is 0 Å². The lowest BCUT2D eigenvalue weighted by atomic mass is 9.99. The fourth-order valence-corrected chi connectivity index (χ4v) is 4.68. The average molecular weight is 417 g/mol. The molecule has 0 bridgehead atoms. The first-order valence-electron chi connectivity index (χ1n) is 10.0. The Morgan fingerprint density at radius 2 is 1.97 bits per heavy atom. The largest absolute Gasteiger partial charge is 0.320 e. The Labute approximate surface area is 172 Å². The van der Waals surface area contributed by atoms with E-state index in [4.69, 9.17) is 0 Å². The van der Waals surface area contributed by atoms with E-state index >= 15 is 0 Å². The number of rotatable bonds is 4. The Morgan fingerprint density at radius 1 is 1.24 bits per heavy atom. The molecule has 1 aliphatic heterocycles. The highest BCUT2D eigenvalue weighted by molar-refractivity contribution is 7.88. The summed E-state index contributed by atoms with van der Waals surface area (Å²) in [6.45, 7) is 7.03. The zero-order chi connectivity index (χ0) is 21.0. The Balaban J connectivity index is 1.59. The van der Waals surface area contributed by atoms with Crippen LogP contribution in [0.4, 0.5) is 5.69 Å². The molecular weight excluding hydrogens is 388 g/mol. The molecule has 0 spiro atoms. The zero-order valence-corrected chi connectivity index (χ0v) is 18.2. The average Bonchev–Trinajstić information content (AvgIpc) is 3.37. The van der Waals surface area contributed by atoms with Crippen molar-refractivity contribution >= 4 is 21.6 Å². The van der Waals surface area contributed by atoms with Gasteiger partial charge < -0.3 is 5.32 Å². The fraction of sp³-hybridized carbons (Fsp3) is 0.524. The number of nitrogens with zero attached hydrogens (tertiary/aromatic N) is 3. The Kier molecular flexibility index (Phi) is 4.82. The summed E-state index contributed by atoms with van der Waals surface area (Å²) >= 11 is 0. The number of sulfonamides is 1. The van der Waals surface area contributed by atoms with Gasteiger partial charge in [0.25, 0.3) is 5.91 Å². The molecule has 8 heteroatoms. The molecule has 0 unspecified atom stereocenters. The summed E-state index contributed by atoms with van der Waals surface area (Å²) in [7, 11) is -3.23. The lowest BCUT2D eigenvalue weighted by molar-refractivity contribution is 0.102. The number of benzene rings is 1. The second-order valence-corrected chi connectivity index (χ2v) is 11.0. The van der Waals surface area contributed by atoms with E-state index in [0.29, 0.717) is 31.1 Å². The van der Waals surface area contributed by atoms with Crippen LogP contribution in [0.3, 0.4) is 0 Å². The van der Waals surface area contributed by atoms with Crippen LogP contribution in [0, 0.1) is 0 Å². The first kappa shape index (κ1) is 20.1. The van der Waals surface area contributed by atoms with Gasteiger partial charge in [-0.05, 0) is 63.3 Å². The first-order chi connectivity index (χ1) is 13.5. The SMILES string of the molecule is CC(C)(C)n1nc(C(=O)Nc2cccc3c2CCN(S(C)(=O)=O)C3)cc1C1CC1. The molecule has 0 saturated heterocycles. The lowest BCUT2D eigenvalue weighted by Crippen LogP contribution is -2.35. The van der Waals surface area contributed by atoms with Crippen LogP contribution in [0.5, 0.6) is 0 Å². The van der Waals surface area contributed by atoms with E-state index < -0.39 is 10.0 Å². The van der Waals surface area contributed by atoms with E-state index in [1.807, 2.05) is 28.9 Å². The van der Waals surface area contributed by atoms with Crippen molar-refractivity contribution in [2.24, 2.45) is 0 Å². The van der Waals surface area contributed by atoms with E-state index in [0.717, 1.165) is 35.3 Å². The maximum absolute atomic E-state index is 13.0. The van der Waals surface area contributed by atoms with Gasteiger partial charge in [0.15, 0.2) is 5.69 Å². The van der Waals surface area contributed by atoms with Crippen LogP contribution < -0.4 is 5.32 Å². The van der Waals surface area contributed by atoms with Gasteiger partial charge in [-0.1, -0.05) is 12.1 Å². The first-order valence-corrected chi connectivity index (χ1v) is 11.9. The Bertz CT molecular complexity index is 1060. The van der Waals surface area contributed by atoms with Crippen LogP contribution in [-0.4, -0.2) is 41.2 Å². The molecule has 2 aliphatic rings. The van der Waals surface area contributed by atoms with Crippen molar-refractivity contribution in [1.82, 2.24) is 14.1 Å². The predicted octanol–water partition coefficient (Wildman–Crippen LogP) is 3.09. The molecule has 4 rings (SSSR count). The number of carbonyl (C=O) groups is 1. The molecule has 1 aliphatic carbocycles. The monoisotopic (exact) mass is 416 g/mol. The van der Waals surface area contributed by atoms with Gasteiger partial charge in [0.05, 0.1) is 11.8 Å². The summed E-state index contributed by atoms with van der Waals surface area (Å²) in [6.07, 6.45) is 4.09. The molecule has 29 heavy (non-hydrogen) atoms. The third-order valence-corrected chi connectivity index (χ3v) is 6.80. The number of hydrogen-bond donors (Lipinski definition) is 1. The van der Waals surface area contributed by atoms with Gasteiger partial charge in [0.2, 0.25) is 10.0 Å². The van der Waals surface area contributed by atoms with Crippen molar-refractivity contribution in [3.05, 3.63) is 46.8 Å². The molecule has 1 aromatic heterocycles. The molecule has 2 heterocycles. The summed E-state index contributed by atoms with van der Waals surface area (Å²) in [5, 5.41) is 7.62. The van der Waals surface area contributed by atoms with E-state index in [-0.39, 0.29) is 11.4 Å². The van der Waals surface area contributed by atoms with Gasteiger partial charge in [-0.3, -0.25) is 9.48 Å². The number of fused-ring (bicyclic) bond motifs is 1. The van der Waals surface area contributed by atoms with Crippen LogP contribution in [-0.2, 0) is 28.5 Å². The second-order valence-electron chi connectivity index (χ2n) is 9.06. The smallest absolute Gasteiger partial charge is 0.276 e. The Hall–Kier alpha value is -2.19. The highest BCUT2D eigenvalue weighted by atomic mass is 32.2. The molecule has 156 valence electrons. The summed E-state index contributed by atoms with van der Waals surface area (Å²) < 4.78 is 27.2. The van der Waals surface area contributed by atoms with Gasteiger partial charge >= 0.3 is 0 Å². The van der Waals surface area contributed by atoms with Gasteiger partial charge in [0, 0.05) is 30.4 Å². The minimum absolute atomic E-state index is 0.183. The van der Waals surface area contributed by atoms with E-state index in [1.165, 1.54) is 10.6 Å². The highest BCUT2D eigenvalue weighted by Gasteiger charge is 2.33. The number of hydrogen-bond acceptors (Lipinski definition) is 4. The van der Waals surface area contributed by atoms with Crippen molar-refractivity contribution in [3.63, 3.8) is 0 Å².